The van der Waals surface area contributed by atoms with E-state index < -0.39 is 0 Å². The second-order valence-corrected chi connectivity index (χ2v) is 4.67. The first-order chi connectivity index (χ1) is 7.22. The van der Waals surface area contributed by atoms with Crippen molar-refractivity contribution in [1.82, 2.24) is 10.3 Å². The van der Waals surface area contributed by atoms with Crippen LogP contribution in [0.15, 0.2) is 5.38 Å². The van der Waals surface area contributed by atoms with Crippen molar-refractivity contribution in [2.75, 3.05) is 13.2 Å². The smallest absolute Gasteiger partial charge is 0.119 e. The van der Waals surface area contributed by atoms with Gasteiger partial charge in [0, 0.05) is 31.0 Å². The van der Waals surface area contributed by atoms with Crippen LogP contribution < -0.4 is 5.32 Å². The van der Waals surface area contributed by atoms with E-state index >= 15 is 0 Å². The summed E-state index contributed by atoms with van der Waals surface area (Å²) in [6, 6.07) is 0.548. The third-order valence-corrected chi connectivity index (χ3v) is 2.83. The molecule has 4 heteroatoms. The summed E-state index contributed by atoms with van der Waals surface area (Å²) in [5, 5.41) is 6.58. The van der Waals surface area contributed by atoms with Crippen LogP contribution >= 0.6 is 11.3 Å². The number of ether oxygens (including phenoxy) is 1. The number of nitrogens with one attached hydrogen (secondary N) is 1. The van der Waals surface area contributed by atoms with Crippen LogP contribution in [0.25, 0.3) is 0 Å². The topological polar surface area (TPSA) is 34.1 Å². The van der Waals surface area contributed by atoms with E-state index in [1.807, 2.05) is 6.92 Å². The lowest BCUT2D eigenvalue weighted by Gasteiger charge is -2.05. The quantitative estimate of drug-likeness (QED) is 0.777. The van der Waals surface area contributed by atoms with Gasteiger partial charge in [-0.05, 0) is 6.92 Å². The average Bonchev–Trinajstić information content (AvgIpc) is 2.62. The third kappa shape index (κ3) is 5.25. The molecule has 1 aromatic heterocycles. The number of thiazole rings is 1. The van der Waals surface area contributed by atoms with Gasteiger partial charge in [-0.15, -0.1) is 11.3 Å². The zero-order valence-corrected chi connectivity index (χ0v) is 10.6. The number of nitrogens with zero attached hydrogens (tertiary/aromatic N) is 1. The van der Waals surface area contributed by atoms with Gasteiger partial charge in [-0.25, -0.2) is 4.98 Å². The normalized spacial score (nSPS) is 11.2. The molecule has 0 fully saturated rings. The maximum Gasteiger partial charge on any atom is 0.119 e. The van der Waals surface area contributed by atoms with Crippen molar-refractivity contribution in [2.45, 2.75) is 39.8 Å². The third-order valence-electron chi connectivity index (χ3n) is 1.96. The van der Waals surface area contributed by atoms with Crippen molar-refractivity contribution >= 4 is 11.3 Å². The van der Waals surface area contributed by atoms with Crippen LogP contribution in [0.4, 0.5) is 0 Å². The minimum Gasteiger partial charge on any atom is -0.375 e. The molecule has 1 N–H and O–H groups in total. The zero-order chi connectivity index (χ0) is 11.1. The number of aromatic nitrogens is 1. The van der Waals surface area contributed by atoms with Crippen molar-refractivity contribution in [1.29, 1.82) is 0 Å². The van der Waals surface area contributed by atoms with E-state index in [4.69, 9.17) is 4.74 Å². The van der Waals surface area contributed by atoms with Gasteiger partial charge in [-0.2, -0.15) is 0 Å². The van der Waals surface area contributed by atoms with E-state index in [2.05, 4.69) is 29.5 Å². The van der Waals surface area contributed by atoms with Crippen LogP contribution in [-0.4, -0.2) is 24.2 Å². The number of hydrogen-bond donors (Lipinski definition) is 1. The Balaban J connectivity index is 2.26. The average molecular weight is 228 g/mol. The highest BCUT2D eigenvalue weighted by Gasteiger charge is 2.02. The van der Waals surface area contributed by atoms with Gasteiger partial charge in [0.1, 0.15) is 5.01 Å². The second-order valence-electron chi connectivity index (χ2n) is 3.73. The van der Waals surface area contributed by atoms with Crippen molar-refractivity contribution < 1.29 is 4.74 Å². The summed E-state index contributed by atoms with van der Waals surface area (Å²) >= 11 is 1.68. The molecule has 0 saturated heterocycles. The summed E-state index contributed by atoms with van der Waals surface area (Å²) in [6.07, 6.45) is 1.00. The van der Waals surface area contributed by atoms with Crippen LogP contribution in [0.3, 0.4) is 0 Å². The highest BCUT2D eigenvalue weighted by molar-refractivity contribution is 7.09. The highest BCUT2D eigenvalue weighted by Crippen LogP contribution is 2.11. The van der Waals surface area contributed by atoms with Gasteiger partial charge in [-0.1, -0.05) is 13.8 Å². The minimum atomic E-state index is 0.548. The van der Waals surface area contributed by atoms with Crippen LogP contribution in [0.5, 0.6) is 0 Å². The fourth-order valence-corrected chi connectivity index (χ4v) is 1.97. The molecule has 0 atom stereocenters. The summed E-state index contributed by atoms with van der Waals surface area (Å²) in [4.78, 5) is 4.50. The van der Waals surface area contributed by atoms with Crippen LogP contribution in [-0.2, 0) is 17.8 Å². The Labute approximate surface area is 95.9 Å². The largest absolute Gasteiger partial charge is 0.375 e. The Morgan fingerprint density at radius 1 is 1.53 bits per heavy atom. The molecule has 1 heterocycles. The standard InChI is InChI=1S/C11H20N2OS/c1-4-14-7-11-13-10(8-15-11)5-6-12-9(2)3/h8-9,12H,4-7H2,1-3H3. The summed E-state index contributed by atoms with van der Waals surface area (Å²) in [7, 11) is 0. The monoisotopic (exact) mass is 228 g/mol. The lowest BCUT2D eigenvalue weighted by molar-refractivity contribution is 0.133. The van der Waals surface area contributed by atoms with E-state index in [-0.39, 0.29) is 0 Å². The van der Waals surface area contributed by atoms with E-state index in [0.29, 0.717) is 12.6 Å². The summed E-state index contributed by atoms with van der Waals surface area (Å²) in [5.41, 5.74) is 1.17. The Bertz CT molecular complexity index is 273. The van der Waals surface area contributed by atoms with Gasteiger partial charge in [-0.3, -0.25) is 0 Å². The molecule has 86 valence electrons. The fourth-order valence-electron chi connectivity index (χ4n) is 1.21. The van der Waals surface area contributed by atoms with Gasteiger partial charge in [0.25, 0.3) is 0 Å². The summed E-state index contributed by atoms with van der Waals surface area (Å²) in [6.45, 7) is 8.71. The van der Waals surface area contributed by atoms with Crippen molar-refractivity contribution in [2.24, 2.45) is 0 Å². The molecule has 0 aliphatic carbocycles. The van der Waals surface area contributed by atoms with E-state index in [1.165, 1.54) is 5.69 Å². The Morgan fingerprint density at radius 2 is 2.33 bits per heavy atom. The maximum absolute atomic E-state index is 5.31. The minimum absolute atomic E-state index is 0.548. The molecule has 15 heavy (non-hydrogen) atoms. The Hall–Kier alpha value is -0.450. The van der Waals surface area contributed by atoms with Gasteiger partial charge in [0.2, 0.25) is 0 Å². The van der Waals surface area contributed by atoms with Gasteiger partial charge in [0.15, 0.2) is 0 Å². The molecule has 0 amide bonds. The predicted molar refractivity (Wildman–Crippen MR) is 64.3 cm³/mol. The van der Waals surface area contributed by atoms with E-state index in [0.717, 1.165) is 24.6 Å². The van der Waals surface area contributed by atoms with Gasteiger partial charge >= 0.3 is 0 Å². The summed E-state index contributed by atoms with van der Waals surface area (Å²) < 4.78 is 5.31. The molecule has 0 unspecified atom stereocenters. The number of rotatable bonds is 7. The van der Waals surface area contributed by atoms with Crippen LogP contribution in [0.1, 0.15) is 31.5 Å². The zero-order valence-electron chi connectivity index (χ0n) is 9.75. The first-order valence-corrected chi connectivity index (χ1v) is 6.34. The predicted octanol–water partition coefficient (Wildman–Crippen LogP) is 2.22. The van der Waals surface area contributed by atoms with Crippen molar-refractivity contribution in [3.63, 3.8) is 0 Å². The molecule has 3 nitrogen and oxygen atoms in total. The lowest BCUT2D eigenvalue weighted by Crippen LogP contribution is -2.25. The van der Waals surface area contributed by atoms with Crippen molar-refractivity contribution in [3.05, 3.63) is 16.1 Å². The lowest BCUT2D eigenvalue weighted by atomic mass is 10.3. The second kappa shape index (κ2) is 6.93. The first-order valence-electron chi connectivity index (χ1n) is 5.46. The van der Waals surface area contributed by atoms with Gasteiger partial charge < -0.3 is 10.1 Å². The van der Waals surface area contributed by atoms with Gasteiger partial charge in [0.05, 0.1) is 12.3 Å². The first kappa shape index (κ1) is 12.6. The molecule has 0 bridgehead atoms. The van der Waals surface area contributed by atoms with E-state index in [1.54, 1.807) is 11.3 Å². The highest BCUT2D eigenvalue weighted by atomic mass is 32.1. The molecular formula is C11H20N2OS. The Morgan fingerprint density at radius 3 is 3.00 bits per heavy atom. The number of hydrogen-bond acceptors (Lipinski definition) is 4. The molecule has 1 aromatic rings. The maximum atomic E-state index is 5.31. The molecule has 0 spiro atoms. The molecule has 0 aromatic carbocycles. The molecular weight excluding hydrogens is 208 g/mol. The molecule has 0 aliphatic heterocycles. The van der Waals surface area contributed by atoms with Crippen molar-refractivity contribution in [3.8, 4) is 0 Å². The van der Waals surface area contributed by atoms with Crippen LogP contribution in [0.2, 0.25) is 0 Å². The molecule has 0 aliphatic rings. The van der Waals surface area contributed by atoms with E-state index in [9.17, 15) is 0 Å². The Kier molecular flexibility index (Phi) is 5.83. The SMILES string of the molecule is CCOCc1nc(CCNC(C)C)cs1. The molecule has 0 saturated carbocycles. The summed E-state index contributed by atoms with van der Waals surface area (Å²) in [5.74, 6) is 0. The molecule has 1 rings (SSSR count). The fraction of sp³-hybridized carbons (Fsp3) is 0.727. The molecule has 0 radical (unpaired) electrons. The van der Waals surface area contributed by atoms with Crippen LogP contribution in [0, 0.1) is 0 Å².